The average molecular weight is 183 g/mol. The molecule has 1 atom stereocenters. The molecule has 1 unspecified atom stereocenters. The summed E-state index contributed by atoms with van der Waals surface area (Å²) in [4.78, 5) is 0. The van der Waals surface area contributed by atoms with Crippen LogP contribution in [0, 0.1) is 5.92 Å². The third-order valence-electron chi connectivity index (χ3n) is 2.41. The molecule has 0 saturated carbocycles. The van der Waals surface area contributed by atoms with Crippen LogP contribution in [0.2, 0.25) is 0 Å². The van der Waals surface area contributed by atoms with Gasteiger partial charge in [0.1, 0.15) is 0 Å². The molecule has 1 rings (SSSR count). The van der Waals surface area contributed by atoms with E-state index in [2.05, 4.69) is 24.4 Å². The topological polar surface area (TPSA) is 21.3 Å². The Hall–Kier alpha value is -0.340. The van der Waals surface area contributed by atoms with E-state index in [0.717, 1.165) is 38.6 Å². The van der Waals surface area contributed by atoms with Crippen LogP contribution in [0.5, 0.6) is 0 Å². The van der Waals surface area contributed by atoms with Gasteiger partial charge in [0.2, 0.25) is 0 Å². The summed E-state index contributed by atoms with van der Waals surface area (Å²) in [6.07, 6.45) is 8.01. The number of hydrogen-bond acceptors (Lipinski definition) is 2. The van der Waals surface area contributed by atoms with E-state index in [1.54, 1.807) is 0 Å². The highest BCUT2D eigenvalue weighted by Crippen LogP contribution is 2.11. The maximum atomic E-state index is 5.41. The van der Waals surface area contributed by atoms with Gasteiger partial charge in [0, 0.05) is 13.2 Å². The molecule has 0 radical (unpaired) electrons. The lowest BCUT2D eigenvalue weighted by Crippen LogP contribution is -2.29. The summed E-state index contributed by atoms with van der Waals surface area (Å²) in [6.45, 7) is 6.21. The summed E-state index contributed by atoms with van der Waals surface area (Å²) >= 11 is 0. The Balaban J connectivity index is 1.92. The number of hydrogen-bond donors (Lipinski definition) is 1. The summed E-state index contributed by atoms with van der Waals surface area (Å²) in [5.74, 6) is 0.749. The van der Waals surface area contributed by atoms with Gasteiger partial charge in [-0.05, 0) is 38.6 Å². The molecule has 1 aliphatic rings. The maximum Gasteiger partial charge on any atom is 0.0506 e. The molecular formula is C11H21NO. The monoisotopic (exact) mass is 183 g/mol. The van der Waals surface area contributed by atoms with Gasteiger partial charge in [-0.3, -0.25) is 0 Å². The molecule has 1 aliphatic heterocycles. The predicted octanol–water partition coefficient (Wildman–Crippen LogP) is 1.97. The lowest BCUT2D eigenvalue weighted by molar-refractivity contribution is 0.0550. The molecule has 0 aromatic heterocycles. The first-order valence-electron chi connectivity index (χ1n) is 5.33. The van der Waals surface area contributed by atoms with Gasteiger partial charge in [-0.2, -0.15) is 0 Å². The molecule has 0 aromatic carbocycles. The Bertz CT molecular complexity index is 139. The number of allylic oxidation sites excluding steroid dienone is 1. The van der Waals surface area contributed by atoms with Crippen molar-refractivity contribution in [3.63, 3.8) is 0 Å². The zero-order chi connectivity index (χ0) is 9.36. The van der Waals surface area contributed by atoms with Crippen LogP contribution < -0.4 is 5.32 Å². The molecule has 1 saturated heterocycles. The molecule has 13 heavy (non-hydrogen) atoms. The Morgan fingerprint density at radius 2 is 2.46 bits per heavy atom. The Morgan fingerprint density at radius 3 is 3.15 bits per heavy atom. The van der Waals surface area contributed by atoms with Gasteiger partial charge in [-0.15, -0.1) is 0 Å². The van der Waals surface area contributed by atoms with Gasteiger partial charge in [-0.1, -0.05) is 12.2 Å². The van der Waals surface area contributed by atoms with E-state index in [0.29, 0.717) is 0 Å². The van der Waals surface area contributed by atoms with Crippen LogP contribution in [0.25, 0.3) is 0 Å². The molecule has 0 aromatic rings. The molecule has 0 amide bonds. The van der Waals surface area contributed by atoms with Crippen molar-refractivity contribution in [2.45, 2.75) is 26.2 Å². The van der Waals surface area contributed by atoms with Crippen LogP contribution in [-0.4, -0.2) is 26.3 Å². The van der Waals surface area contributed by atoms with Crippen molar-refractivity contribution >= 4 is 0 Å². The molecular weight excluding hydrogens is 162 g/mol. The van der Waals surface area contributed by atoms with Gasteiger partial charge in [0.25, 0.3) is 0 Å². The first-order valence-corrected chi connectivity index (χ1v) is 5.33. The molecule has 76 valence electrons. The van der Waals surface area contributed by atoms with Crippen molar-refractivity contribution in [3.05, 3.63) is 12.2 Å². The summed E-state index contributed by atoms with van der Waals surface area (Å²) in [7, 11) is 0. The third kappa shape index (κ3) is 5.06. The molecule has 0 aliphatic carbocycles. The predicted molar refractivity (Wildman–Crippen MR) is 55.8 cm³/mol. The Labute approximate surface area is 81.4 Å². The molecule has 2 nitrogen and oxygen atoms in total. The van der Waals surface area contributed by atoms with Gasteiger partial charge in [0.05, 0.1) is 6.61 Å². The van der Waals surface area contributed by atoms with E-state index in [1.807, 2.05) is 0 Å². The molecule has 2 heteroatoms. The third-order valence-corrected chi connectivity index (χ3v) is 2.41. The van der Waals surface area contributed by atoms with Gasteiger partial charge in [-0.25, -0.2) is 0 Å². The number of ether oxygens (including phenoxy) is 1. The smallest absolute Gasteiger partial charge is 0.0506 e. The zero-order valence-corrected chi connectivity index (χ0v) is 8.59. The summed E-state index contributed by atoms with van der Waals surface area (Å²) < 4.78 is 5.41. The quantitative estimate of drug-likeness (QED) is 0.520. The SMILES string of the molecule is C/C=C/CCNCC1CCCOC1. The summed E-state index contributed by atoms with van der Waals surface area (Å²) in [6, 6.07) is 0. The Morgan fingerprint density at radius 1 is 1.54 bits per heavy atom. The van der Waals surface area contributed by atoms with E-state index in [9.17, 15) is 0 Å². The summed E-state index contributed by atoms with van der Waals surface area (Å²) in [5, 5.41) is 3.46. The standard InChI is InChI=1S/C11H21NO/c1-2-3-4-7-12-9-11-6-5-8-13-10-11/h2-3,11-12H,4-10H2,1H3/b3-2+. The number of rotatable bonds is 5. The van der Waals surface area contributed by atoms with E-state index < -0.39 is 0 Å². The van der Waals surface area contributed by atoms with Crippen LogP contribution in [0.3, 0.4) is 0 Å². The molecule has 0 spiro atoms. The average Bonchev–Trinajstić information content (AvgIpc) is 2.19. The van der Waals surface area contributed by atoms with Gasteiger partial charge in [0.15, 0.2) is 0 Å². The van der Waals surface area contributed by atoms with Crippen molar-refractivity contribution < 1.29 is 4.74 Å². The van der Waals surface area contributed by atoms with Gasteiger partial charge < -0.3 is 10.1 Å². The zero-order valence-electron chi connectivity index (χ0n) is 8.59. The lowest BCUT2D eigenvalue weighted by atomic mass is 10.0. The van der Waals surface area contributed by atoms with E-state index in [1.165, 1.54) is 12.8 Å². The first-order chi connectivity index (χ1) is 6.43. The minimum absolute atomic E-state index is 0.749. The molecule has 0 bridgehead atoms. The van der Waals surface area contributed by atoms with Crippen LogP contribution >= 0.6 is 0 Å². The van der Waals surface area contributed by atoms with E-state index in [4.69, 9.17) is 4.74 Å². The summed E-state index contributed by atoms with van der Waals surface area (Å²) in [5.41, 5.74) is 0. The molecule has 1 N–H and O–H groups in total. The van der Waals surface area contributed by atoms with Crippen LogP contribution in [0.1, 0.15) is 26.2 Å². The minimum atomic E-state index is 0.749. The van der Waals surface area contributed by atoms with Crippen molar-refractivity contribution in [1.82, 2.24) is 5.32 Å². The van der Waals surface area contributed by atoms with Crippen LogP contribution in [-0.2, 0) is 4.74 Å². The maximum absolute atomic E-state index is 5.41. The normalized spacial score (nSPS) is 23.9. The fourth-order valence-corrected chi connectivity index (χ4v) is 1.63. The van der Waals surface area contributed by atoms with Crippen molar-refractivity contribution in [1.29, 1.82) is 0 Å². The van der Waals surface area contributed by atoms with Crippen molar-refractivity contribution in [2.75, 3.05) is 26.3 Å². The second-order valence-corrected chi connectivity index (χ2v) is 3.65. The number of nitrogens with one attached hydrogen (secondary N) is 1. The highest BCUT2D eigenvalue weighted by molar-refractivity contribution is 4.77. The second-order valence-electron chi connectivity index (χ2n) is 3.65. The highest BCUT2D eigenvalue weighted by atomic mass is 16.5. The second kappa shape index (κ2) is 7.10. The minimum Gasteiger partial charge on any atom is -0.381 e. The van der Waals surface area contributed by atoms with Gasteiger partial charge >= 0.3 is 0 Å². The van der Waals surface area contributed by atoms with Crippen molar-refractivity contribution in [3.8, 4) is 0 Å². The van der Waals surface area contributed by atoms with Crippen LogP contribution in [0.15, 0.2) is 12.2 Å². The fourth-order valence-electron chi connectivity index (χ4n) is 1.63. The first kappa shape index (κ1) is 10.7. The highest BCUT2D eigenvalue weighted by Gasteiger charge is 2.12. The van der Waals surface area contributed by atoms with Crippen LogP contribution in [0.4, 0.5) is 0 Å². The molecule has 1 heterocycles. The fraction of sp³-hybridized carbons (Fsp3) is 0.818. The Kier molecular flexibility index (Phi) is 5.87. The van der Waals surface area contributed by atoms with Crippen molar-refractivity contribution in [2.24, 2.45) is 5.92 Å². The lowest BCUT2D eigenvalue weighted by Gasteiger charge is -2.22. The van der Waals surface area contributed by atoms with E-state index >= 15 is 0 Å². The molecule has 1 fully saturated rings. The largest absolute Gasteiger partial charge is 0.381 e. The van der Waals surface area contributed by atoms with E-state index in [-0.39, 0.29) is 0 Å².